The Bertz CT molecular complexity index is 4030. The number of primary amides is 1. The van der Waals surface area contributed by atoms with Crippen molar-refractivity contribution in [2.75, 3.05) is 68.1 Å². The van der Waals surface area contributed by atoms with Gasteiger partial charge in [-0.05, 0) is 167 Å². The van der Waals surface area contributed by atoms with Gasteiger partial charge in [-0.1, -0.05) is 63.3 Å². The minimum absolute atomic E-state index is 0.0218. The summed E-state index contributed by atoms with van der Waals surface area (Å²) in [6.07, 6.45) is 13.9. The predicted octanol–water partition coefficient (Wildman–Crippen LogP) is 9.00. The number of hydrogen-bond acceptors (Lipinski definition) is 19. The monoisotopic (exact) mass is 1390 g/mol. The largest absolute Gasteiger partial charge is 0.476 e. The number of benzene rings is 2. The first-order valence-corrected chi connectivity index (χ1v) is 35.4. The van der Waals surface area contributed by atoms with Crippen LogP contribution in [0.5, 0.6) is 0 Å². The van der Waals surface area contributed by atoms with Gasteiger partial charge in [-0.25, -0.2) is 24.4 Å². The Hall–Kier alpha value is -9.41. The molecule has 4 saturated carbocycles. The van der Waals surface area contributed by atoms with Gasteiger partial charge in [0.1, 0.15) is 24.5 Å². The van der Waals surface area contributed by atoms with E-state index < -0.39 is 59.7 Å². The maximum atomic E-state index is 13.9. The number of thiazole rings is 1. The van der Waals surface area contributed by atoms with Crippen molar-refractivity contribution in [3.8, 4) is 11.1 Å². The fraction of sp³-hybridized carbons (Fsp3) is 0.514. The summed E-state index contributed by atoms with van der Waals surface area (Å²) < 4.78 is 14.5. The van der Waals surface area contributed by atoms with Crippen LogP contribution >= 0.6 is 11.3 Å². The van der Waals surface area contributed by atoms with E-state index in [9.17, 15) is 48.6 Å². The van der Waals surface area contributed by atoms with Gasteiger partial charge in [-0.2, -0.15) is 5.10 Å². The molecular weight excluding hydrogens is 1300 g/mol. The maximum absolute atomic E-state index is 13.9. The topological polar surface area (TPSA) is 361 Å². The van der Waals surface area contributed by atoms with Crippen LogP contribution in [0, 0.1) is 41.4 Å². The number of aromatic nitrogens is 6. The summed E-state index contributed by atoms with van der Waals surface area (Å²) in [5.41, 5.74) is 11.4. The Morgan fingerprint density at radius 3 is 2.26 bits per heavy atom. The van der Waals surface area contributed by atoms with Crippen LogP contribution in [0.2, 0.25) is 0 Å². The number of aromatic carboxylic acids is 1. The minimum atomic E-state index is -1.14. The molecule has 0 spiro atoms. The van der Waals surface area contributed by atoms with Crippen LogP contribution in [0.15, 0.2) is 79.0 Å². The zero-order valence-corrected chi connectivity index (χ0v) is 58.5. The van der Waals surface area contributed by atoms with Crippen LogP contribution < -0.4 is 37.2 Å². The molecule has 100 heavy (non-hydrogen) atoms. The van der Waals surface area contributed by atoms with Gasteiger partial charge in [-0.3, -0.25) is 33.6 Å². The number of carbonyl (C=O) groups excluding carboxylic acids is 7. The predicted molar refractivity (Wildman–Crippen MR) is 376 cm³/mol. The average Bonchev–Trinajstić information content (AvgIpc) is 1.24. The van der Waals surface area contributed by atoms with E-state index in [4.69, 9.17) is 30.3 Å². The summed E-state index contributed by atoms with van der Waals surface area (Å²) >= 11 is 1.55. The Morgan fingerprint density at radius 2 is 1.55 bits per heavy atom. The van der Waals surface area contributed by atoms with E-state index in [0.717, 1.165) is 107 Å². The fourth-order valence-corrected chi connectivity index (χ4v) is 17.9. The Balaban J connectivity index is 0.689. The van der Waals surface area contributed by atoms with Gasteiger partial charge >= 0.3 is 18.1 Å². The van der Waals surface area contributed by atoms with Gasteiger partial charge in [0.2, 0.25) is 17.7 Å². The molecule has 4 aromatic heterocycles. The molecule has 0 saturated heterocycles. The molecule has 0 radical (unpaired) electrons. The number of aliphatic hydroxyl groups is 1. The third kappa shape index (κ3) is 16.7. The fourth-order valence-electron chi connectivity index (χ4n) is 17.0. The normalized spacial score (nSPS) is 21.1. The second kappa shape index (κ2) is 30.6. The van der Waals surface area contributed by atoms with Gasteiger partial charge in [0.25, 0.3) is 11.8 Å². The van der Waals surface area contributed by atoms with Crippen molar-refractivity contribution in [3.05, 3.63) is 107 Å². The van der Waals surface area contributed by atoms with Crippen LogP contribution in [-0.2, 0) is 53.0 Å². The van der Waals surface area contributed by atoms with Crippen molar-refractivity contribution in [3.63, 3.8) is 0 Å². The molecule has 6 aliphatic rings. The summed E-state index contributed by atoms with van der Waals surface area (Å²) in [7, 11) is 0. The number of nitrogens with one attached hydrogen (secondary N) is 5. The van der Waals surface area contributed by atoms with E-state index in [1.54, 1.807) is 60.5 Å². The van der Waals surface area contributed by atoms with Gasteiger partial charge in [0.15, 0.2) is 22.5 Å². The van der Waals surface area contributed by atoms with Gasteiger partial charge in [0.05, 0.1) is 36.2 Å². The highest BCUT2D eigenvalue weighted by molar-refractivity contribution is 7.22. The van der Waals surface area contributed by atoms with E-state index in [-0.39, 0.29) is 92.1 Å². The maximum Gasteiger partial charge on any atom is 0.410 e. The molecule has 12 rings (SSSR count). The van der Waals surface area contributed by atoms with Crippen molar-refractivity contribution in [1.82, 2.24) is 55.7 Å². The number of carboxylic acids is 1. The summed E-state index contributed by atoms with van der Waals surface area (Å²) in [4.78, 5) is 117. The van der Waals surface area contributed by atoms with E-state index in [1.807, 2.05) is 55.1 Å². The summed E-state index contributed by atoms with van der Waals surface area (Å²) in [5, 5.41) is 49.9. The molecule has 2 unspecified atom stereocenters. The number of carbonyl (C=O) groups is 8. The number of para-hydroxylation sites is 1. The number of nitrogens with two attached hydrogens (primary N) is 1. The molecule has 8 amide bonds. The first-order valence-electron chi connectivity index (χ1n) is 34.5. The summed E-state index contributed by atoms with van der Waals surface area (Å²) in [6.45, 7) is 14.4. The first-order chi connectivity index (χ1) is 47.8. The molecule has 4 atom stereocenters. The number of anilines is 5. The Labute approximate surface area is 584 Å². The lowest BCUT2D eigenvalue weighted by atomic mass is 9.35. The van der Waals surface area contributed by atoms with Crippen molar-refractivity contribution >= 4 is 97.5 Å². The van der Waals surface area contributed by atoms with E-state index in [1.165, 1.54) is 12.2 Å². The molecule has 9 N–H and O–H groups in total. The van der Waals surface area contributed by atoms with Crippen LogP contribution in [0.25, 0.3) is 21.3 Å². The zero-order chi connectivity index (χ0) is 71.1. The van der Waals surface area contributed by atoms with Crippen LogP contribution in [0.1, 0.15) is 144 Å². The van der Waals surface area contributed by atoms with Crippen LogP contribution in [-0.4, -0.2) is 162 Å². The number of carboxylic acid groups (broad SMARTS) is 1. The van der Waals surface area contributed by atoms with Crippen molar-refractivity contribution in [2.24, 2.45) is 33.3 Å². The van der Waals surface area contributed by atoms with Crippen molar-refractivity contribution in [1.29, 1.82) is 0 Å². The highest BCUT2D eigenvalue weighted by atomic mass is 32.1. The molecule has 28 heteroatoms. The number of fused-ring (bicyclic) bond motifs is 2. The SMILES string of the molecule is Cc1c(Nc2nc3ccccc3s2)nnc2c1CCCN2c1ccc(-c2cnn(CC34CC5(C)CC(C)(CC(CCCN(CCCO)C(=O)OCc6ccc(NC(=O)[C@H](CCCNC(N)=O)NC(=O)[C@@H](NC(=O)CCOCCN7C(=O)C=CC7=O)C(C)C)cc6)(C5)C3)C4)c2C)c(C(=O)O)n1. The lowest BCUT2D eigenvalue weighted by Gasteiger charge is -2.70. The second-order valence-corrected chi connectivity index (χ2v) is 29.9. The first kappa shape index (κ1) is 71.9. The standard InChI is InChI=1S/C72H91N15O12S/c1-44(2)59(80-56(89)25-33-98-34-31-86-57(90)23-24-58(86)91)64(93)77-53(15-9-27-74-66(73)96)63(92)76-48-19-17-47(18-20-48)36-99-68(97)84(29-12-32-88)28-11-26-71-38-69(5)37-70(6,39-71)41-72(40-69,42-71)43-87-46(4)51(35-75-87)50-21-22-55(79-60(50)65(94)95)85-30-10-13-49-45(3)61(82-83-62(49)85)81-67-78-52-14-7-8-16-54(52)100-67/h7-8,14,16-24,35,44,53,59,88H,9-13,15,25-34,36-43H2,1-6H3,(H,76,92)(H,77,93)(H,80,89)(H,94,95)(H3,73,74,96)(H,78,81,82)/t53-,59-,69?,70?,71?,72?/m0/s1. The highest BCUT2D eigenvalue weighted by Crippen LogP contribution is 2.75. The summed E-state index contributed by atoms with van der Waals surface area (Å²) in [6, 6.07) is 15.5. The quantitative estimate of drug-likeness (QED) is 0.0144. The van der Waals surface area contributed by atoms with Gasteiger partial charge < -0.3 is 61.8 Å². The molecule has 4 fully saturated rings. The number of hydrogen-bond donors (Lipinski definition) is 8. The van der Waals surface area contributed by atoms with Crippen molar-refractivity contribution in [2.45, 2.75) is 157 Å². The second-order valence-electron chi connectivity index (χ2n) is 28.9. The van der Waals surface area contributed by atoms with Gasteiger partial charge in [0, 0.05) is 91.5 Å². The molecule has 6 aromatic rings. The number of urea groups is 1. The summed E-state index contributed by atoms with van der Waals surface area (Å²) in [5.74, 6) is -2.30. The lowest BCUT2D eigenvalue weighted by Crippen LogP contribution is -2.60. The van der Waals surface area contributed by atoms with Crippen molar-refractivity contribution < 1.29 is 58.0 Å². The third-order valence-corrected chi connectivity index (χ3v) is 21.2. The van der Waals surface area contributed by atoms with Crippen LogP contribution in [0.3, 0.4) is 0 Å². The lowest BCUT2D eigenvalue weighted by molar-refractivity contribution is -0.198. The average molecular weight is 1390 g/mol. The number of pyridine rings is 1. The molecule has 532 valence electrons. The molecule has 2 aromatic carbocycles. The molecule has 6 heterocycles. The van der Waals surface area contributed by atoms with E-state index >= 15 is 0 Å². The number of amides is 8. The number of ether oxygens (including phenoxy) is 2. The van der Waals surface area contributed by atoms with E-state index in [2.05, 4.69) is 55.3 Å². The zero-order valence-electron chi connectivity index (χ0n) is 57.7. The Kier molecular flexibility index (Phi) is 22.0. The third-order valence-electron chi connectivity index (χ3n) is 20.2. The molecular formula is C72H91N15O12S. The molecule has 27 nitrogen and oxygen atoms in total. The number of nitrogens with zero attached hydrogens (tertiary/aromatic N) is 9. The van der Waals surface area contributed by atoms with E-state index in [0.29, 0.717) is 66.9 Å². The molecule has 4 bridgehead atoms. The molecule has 2 aliphatic heterocycles. The number of imide groups is 1. The highest BCUT2D eigenvalue weighted by Gasteiger charge is 2.65. The van der Waals surface area contributed by atoms with Crippen LogP contribution in [0.4, 0.5) is 37.9 Å². The van der Waals surface area contributed by atoms with Gasteiger partial charge in [-0.15, -0.1) is 10.2 Å². The number of aliphatic hydroxyl groups excluding tert-OH is 1. The Morgan fingerprint density at radius 1 is 0.820 bits per heavy atom. The number of rotatable bonds is 32. The molecule has 4 aliphatic carbocycles. The smallest absolute Gasteiger partial charge is 0.410 e. The minimum Gasteiger partial charge on any atom is -0.476 e.